The highest BCUT2D eigenvalue weighted by Gasteiger charge is 2.51. The first-order chi connectivity index (χ1) is 7.46. The van der Waals surface area contributed by atoms with E-state index in [1.807, 2.05) is 6.92 Å². The zero-order chi connectivity index (χ0) is 11.8. The quantitative estimate of drug-likeness (QED) is 0.567. The number of carboxylic acids is 1. The van der Waals surface area contributed by atoms with Crippen LogP contribution in [0.5, 0.6) is 0 Å². The number of carbonyl (C=O) groups excluding carboxylic acids is 1. The first kappa shape index (κ1) is 11.3. The van der Waals surface area contributed by atoms with Gasteiger partial charge in [-0.2, -0.15) is 0 Å². The first-order valence-electron chi connectivity index (χ1n) is 5.35. The Morgan fingerprint density at radius 1 is 1.44 bits per heavy atom. The summed E-state index contributed by atoms with van der Waals surface area (Å²) in [4.78, 5) is 22.3. The van der Waals surface area contributed by atoms with E-state index in [1.54, 1.807) is 0 Å². The molecule has 1 amide bonds. The molecule has 0 aromatic carbocycles. The summed E-state index contributed by atoms with van der Waals surface area (Å²) >= 11 is 0. The van der Waals surface area contributed by atoms with E-state index in [9.17, 15) is 9.59 Å². The van der Waals surface area contributed by atoms with Gasteiger partial charge in [-0.25, -0.2) is 4.79 Å². The van der Waals surface area contributed by atoms with Crippen molar-refractivity contribution >= 4 is 11.9 Å². The number of rotatable bonds is 5. The summed E-state index contributed by atoms with van der Waals surface area (Å²) in [5.41, 5.74) is -1.30. The molecule has 0 radical (unpaired) electrons. The lowest BCUT2D eigenvalue weighted by atomic mass is 10.0. The molecule has 0 atom stereocenters. The molecule has 1 heterocycles. The summed E-state index contributed by atoms with van der Waals surface area (Å²) in [5, 5.41) is 14.4. The summed E-state index contributed by atoms with van der Waals surface area (Å²) in [7, 11) is 0. The molecule has 0 spiro atoms. The van der Waals surface area contributed by atoms with Gasteiger partial charge in [0.05, 0.1) is 5.60 Å². The normalized spacial score (nSPS) is 24.3. The average Bonchev–Trinajstić information content (AvgIpc) is 2.93. The van der Waals surface area contributed by atoms with Gasteiger partial charge in [0.1, 0.15) is 12.1 Å². The number of nitrogens with one attached hydrogen (secondary N) is 2. The monoisotopic (exact) mass is 228 g/mol. The van der Waals surface area contributed by atoms with Crippen LogP contribution in [0.4, 0.5) is 0 Å². The Labute approximate surface area is 93.3 Å². The number of ether oxygens (including phenoxy) is 1. The van der Waals surface area contributed by atoms with Gasteiger partial charge in [0.15, 0.2) is 0 Å². The Balaban J connectivity index is 1.74. The van der Waals surface area contributed by atoms with Crippen LogP contribution in [0.25, 0.3) is 0 Å². The van der Waals surface area contributed by atoms with E-state index in [0.29, 0.717) is 12.8 Å². The van der Waals surface area contributed by atoms with Gasteiger partial charge in [0.25, 0.3) is 0 Å². The minimum Gasteiger partial charge on any atom is -0.480 e. The van der Waals surface area contributed by atoms with Crippen molar-refractivity contribution in [3.63, 3.8) is 0 Å². The number of hydrogen-bond acceptors (Lipinski definition) is 4. The third-order valence-electron chi connectivity index (χ3n) is 3.09. The lowest BCUT2D eigenvalue weighted by Gasteiger charge is -2.38. The van der Waals surface area contributed by atoms with Crippen LogP contribution in [0, 0.1) is 0 Å². The highest BCUT2D eigenvalue weighted by atomic mass is 16.5. The Kier molecular flexibility index (Phi) is 2.63. The lowest BCUT2D eigenvalue weighted by Crippen LogP contribution is -2.60. The number of carbonyl (C=O) groups is 2. The molecule has 2 fully saturated rings. The molecule has 2 aliphatic rings. The minimum absolute atomic E-state index is 0.0762. The van der Waals surface area contributed by atoms with Crippen LogP contribution < -0.4 is 10.6 Å². The number of amides is 1. The summed E-state index contributed by atoms with van der Waals surface area (Å²) in [6.07, 6.45) is 1.01. The Morgan fingerprint density at radius 2 is 2.06 bits per heavy atom. The van der Waals surface area contributed by atoms with E-state index in [-0.39, 0.29) is 18.1 Å². The number of hydrogen-bond donors (Lipinski definition) is 3. The molecule has 0 unspecified atom stereocenters. The summed E-state index contributed by atoms with van der Waals surface area (Å²) in [5.74, 6) is -1.31. The molecule has 1 saturated heterocycles. The highest BCUT2D eigenvalue weighted by molar-refractivity contribution is 5.89. The standard InChI is InChI=1S/C10H16N2O4/c1-9(5-11-6-9)16-4-7(13)12-10(2-3-10)8(14)15/h11H,2-6H2,1H3,(H,12,13)(H,14,15). The lowest BCUT2D eigenvalue weighted by molar-refractivity contribution is -0.146. The molecule has 1 aliphatic heterocycles. The molecule has 1 saturated carbocycles. The molecule has 16 heavy (non-hydrogen) atoms. The zero-order valence-corrected chi connectivity index (χ0v) is 9.21. The van der Waals surface area contributed by atoms with Crippen molar-refractivity contribution in [1.82, 2.24) is 10.6 Å². The summed E-state index contributed by atoms with van der Waals surface area (Å²) in [6.45, 7) is 3.29. The van der Waals surface area contributed by atoms with E-state index in [2.05, 4.69) is 10.6 Å². The molecule has 1 aliphatic carbocycles. The number of aliphatic carboxylic acids is 1. The maximum atomic E-state index is 11.5. The fourth-order valence-corrected chi connectivity index (χ4v) is 1.64. The molecule has 0 bridgehead atoms. The fraction of sp³-hybridized carbons (Fsp3) is 0.800. The van der Waals surface area contributed by atoms with Gasteiger partial charge in [0.2, 0.25) is 5.91 Å². The number of carboxylic acid groups (broad SMARTS) is 1. The molecule has 0 aromatic heterocycles. The highest BCUT2D eigenvalue weighted by Crippen LogP contribution is 2.35. The molecule has 6 nitrogen and oxygen atoms in total. The van der Waals surface area contributed by atoms with E-state index in [4.69, 9.17) is 9.84 Å². The largest absolute Gasteiger partial charge is 0.480 e. The van der Waals surface area contributed by atoms with Gasteiger partial charge < -0.3 is 20.5 Å². The van der Waals surface area contributed by atoms with Crippen LogP contribution in [0.15, 0.2) is 0 Å². The van der Waals surface area contributed by atoms with Gasteiger partial charge in [-0.3, -0.25) is 4.79 Å². The van der Waals surface area contributed by atoms with Crippen LogP contribution in [0.1, 0.15) is 19.8 Å². The topological polar surface area (TPSA) is 87.7 Å². The molecule has 6 heteroatoms. The average molecular weight is 228 g/mol. The van der Waals surface area contributed by atoms with E-state index in [0.717, 1.165) is 13.1 Å². The van der Waals surface area contributed by atoms with Crippen molar-refractivity contribution in [2.24, 2.45) is 0 Å². The van der Waals surface area contributed by atoms with Crippen LogP contribution in [0.2, 0.25) is 0 Å². The maximum absolute atomic E-state index is 11.5. The fourth-order valence-electron chi connectivity index (χ4n) is 1.64. The molecular formula is C10H16N2O4. The SMILES string of the molecule is CC1(OCC(=O)NC2(C(=O)O)CC2)CNC1. The summed E-state index contributed by atoms with van der Waals surface area (Å²) in [6, 6.07) is 0. The van der Waals surface area contributed by atoms with Crippen molar-refractivity contribution in [3.8, 4) is 0 Å². The molecule has 0 aromatic rings. The van der Waals surface area contributed by atoms with Crippen LogP contribution >= 0.6 is 0 Å². The molecule has 90 valence electrons. The third-order valence-corrected chi connectivity index (χ3v) is 3.09. The second kappa shape index (κ2) is 3.71. The van der Waals surface area contributed by atoms with E-state index in [1.165, 1.54) is 0 Å². The second-order valence-corrected chi connectivity index (χ2v) is 4.78. The van der Waals surface area contributed by atoms with Crippen molar-refractivity contribution in [1.29, 1.82) is 0 Å². The Hall–Kier alpha value is -1.14. The third kappa shape index (κ3) is 2.17. The van der Waals surface area contributed by atoms with Crippen LogP contribution in [-0.2, 0) is 14.3 Å². The molecule has 3 N–H and O–H groups in total. The predicted molar refractivity (Wildman–Crippen MR) is 55.0 cm³/mol. The van der Waals surface area contributed by atoms with Crippen molar-refractivity contribution in [2.45, 2.75) is 30.9 Å². The van der Waals surface area contributed by atoms with Gasteiger partial charge in [-0.05, 0) is 19.8 Å². The first-order valence-corrected chi connectivity index (χ1v) is 5.35. The van der Waals surface area contributed by atoms with Crippen molar-refractivity contribution in [3.05, 3.63) is 0 Å². The van der Waals surface area contributed by atoms with Crippen LogP contribution in [-0.4, -0.2) is 47.8 Å². The Bertz CT molecular complexity index is 321. The van der Waals surface area contributed by atoms with Gasteiger partial charge in [-0.1, -0.05) is 0 Å². The van der Waals surface area contributed by atoms with Crippen molar-refractivity contribution < 1.29 is 19.4 Å². The molecule has 2 rings (SSSR count). The van der Waals surface area contributed by atoms with Gasteiger partial charge in [-0.15, -0.1) is 0 Å². The second-order valence-electron chi connectivity index (χ2n) is 4.78. The maximum Gasteiger partial charge on any atom is 0.329 e. The summed E-state index contributed by atoms with van der Waals surface area (Å²) < 4.78 is 5.41. The Morgan fingerprint density at radius 3 is 2.44 bits per heavy atom. The zero-order valence-electron chi connectivity index (χ0n) is 9.21. The van der Waals surface area contributed by atoms with Gasteiger partial charge >= 0.3 is 5.97 Å². The smallest absolute Gasteiger partial charge is 0.329 e. The van der Waals surface area contributed by atoms with Gasteiger partial charge in [0, 0.05) is 13.1 Å². The van der Waals surface area contributed by atoms with E-state index >= 15 is 0 Å². The predicted octanol–water partition coefficient (Wildman–Crippen LogP) is -0.902. The van der Waals surface area contributed by atoms with E-state index < -0.39 is 11.5 Å². The van der Waals surface area contributed by atoms with Crippen LogP contribution in [0.3, 0.4) is 0 Å². The van der Waals surface area contributed by atoms with Crippen molar-refractivity contribution in [2.75, 3.05) is 19.7 Å². The minimum atomic E-state index is -1.01. The molecular weight excluding hydrogens is 212 g/mol.